The van der Waals surface area contributed by atoms with Gasteiger partial charge in [0.1, 0.15) is 5.82 Å². The van der Waals surface area contributed by atoms with Gasteiger partial charge in [0.2, 0.25) is 0 Å². The molecule has 2 rings (SSSR count). The predicted octanol–water partition coefficient (Wildman–Crippen LogP) is 1.76. The number of hydrogen-bond acceptors (Lipinski definition) is 4. The molecule has 2 aromatic heterocycles. The van der Waals surface area contributed by atoms with Gasteiger partial charge < -0.3 is 5.32 Å². The summed E-state index contributed by atoms with van der Waals surface area (Å²) in [4.78, 5) is 11.7. The van der Waals surface area contributed by atoms with E-state index in [9.17, 15) is 4.79 Å². The fraction of sp³-hybridized carbons (Fsp3) is 0. The van der Waals surface area contributed by atoms with Gasteiger partial charge in [-0.05, 0) is 6.07 Å². The molecule has 82 valence electrons. The van der Waals surface area contributed by atoms with Crippen LogP contribution in [0.5, 0.6) is 0 Å². The summed E-state index contributed by atoms with van der Waals surface area (Å²) in [5.74, 6) is 0.0139. The molecule has 16 heavy (non-hydrogen) atoms. The van der Waals surface area contributed by atoms with E-state index >= 15 is 0 Å². The Morgan fingerprint density at radius 2 is 2.19 bits per heavy atom. The lowest BCUT2D eigenvalue weighted by atomic mass is 10.3. The van der Waals surface area contributed by atoms with Crippen LogP contribution in [0.3, 0.4) is 0 Å². The smallest absolute Gasteiger partial charge is 0.260 e. The molecule has 0 saturated heterocycles. The maximum Gasteiger partial charge on any atom is 0.260 e. The Kier molecular flexibility index (Phi) is 3.02. The fourth-order valence-electron chi connectivity index (χ4n) is 1.03. The van der Waals surface area contributed by atoms with Crippen molar-refractivity contribution in [3.8, 4) is 0 Å². The summed E-state index contributed by atoms with van der Waals surface area (Å²) >= 11 is 11.3. The number of hydrogen-bond donors (Lipinski definition) is 2. The lowest BCUT2D eigenvalue weighted by molar-refractivity contribution is 0.102. The number of nitrogens with one attached hydrogen (secondary N) is 2. The van der Waals surface area contributed by atoms with E-state index in [0.29, 0.717) is 5.82 Å². The van der Waals surface area contributed by atoms with Crippen molar-refractivity contribution in [3.05, 3.63) is 34.2 Å². The second kappa shape index (κ2) is 4.46. The normalized spacial score (nSPS) is 10.1. The summed E-state index contributed by atoms with van der Waals surface area (Å²) in [5, 5.41) is 15.9. The van der Waals surface area contributed by atoms with E-state index < -0.39 is 5.91 Å². The van der Waals surface area contributed by atoms with Crippen LogP contribution in [0.15, 0.2) is 18.3 Å². The third kappa shape index (κ3) is 2.29. The molecule has 0 aliphatic carbocycles. The maximum absolute atomic E-state index is 11.7. The summed E-state index contributed by atoms with van der Waals surface area (Å²) < 4.78 is 0. The van der Waals surface area contributed by atoms with Crippen LogP contribution < -0.4 is 5.32 Å². The molecule has 0 aliphatic heterocycles. The molecule has 0 saturated carbocycles. The highest BCUT2D eigenvalue weighted by Gasteiger charge is 2.13. The molecule has 1 amide bonds. The van der Waals surface area contributed by atoms with Crippen LogP contribution in [0.1, 0.15) is 10.4 Å². The molecule has 0 atom stereocenters. The van der Waals surface area contributed by atoms with Gasteiger partial charge in [-0.25, -0.2) is 0 Å². The Bertz CT molecular complexity index is 513. The first-order valence-electron chi connectivity index (χ1n) is 4.16. The monoisotopic (exact) mass is 257 g/mol. The second-order valence-corrected chi connectivity index (χ2v) is 3.54. The van der Waals surface area contributed by atoms with E-state index in [4.69, 9.17) is 23.2 Å². The molecule has 8 heteroatoms. The Hall–Kier alpha value is -1.66. The average Bonchev–Trinajstić information content (AvgIpc) is 2.74. The van der Waals surface area contributed by atoms with Crippen LogP contribution in [-0.2, 0) is 0 Å². The van der Waals surface area contributed by atoms with Gasteiger partial charge in [0.05, 0.1) is 11.8 Å². The second-order valence-electron chi connectivity index (χ2n) is 2.80. The van der Waals surface area contributed by atoms with Crippen molar-refractivity contribution >= 4 is 34.9 Å². The van der Waals surface area contributed by atoms with Crippen LogP contribution in [0.2, 0.25) is 10.3 Å². The molecule has 2 aromatic rings. The minimum atomic E-state index is -0.439. The van der Waals surface area contributed by atoms with Crippen molar-refractivity contribution in [2.75, 3.05) is 5.32 Å². The molecule has 0 bridgehead atoms. The van der Waals surface area contributed by atoms with Crippen molar-refractivity contribution in [2.45, 2.75) is 0 Å². The molecule has 6 nitrogen and oxygen atoms in total. The molecule has 2 heterocycles. The minimum Gasteiger partial charge on any atom is -0.307 e. The zero-order chi connectivity index (χ0) is 11.5. The molecule has 0 radical (unpaired) electrons. The number of carbonyl (C=O) groups excluding carboxylic acids is 1. The van der Waals surface area contributed by atoms with Crippen LogP contribution in [-0.4, -0.2) is 26.3 Å². The number of H-pyrrole nitrogens is 1. The van der Waals surface area contributed by atoms with Crippen molar-refractivity contribution in [1.29, 1.82) is 0 Å². The van der Waals surface area contributed by atoms with Crippen LogP contribution in [0.4, 0.5) is 5.82 Å². The van der Waals surface area contributed by atoms with Crippen molar-refractivity contribution < 1.29 is 4.79 Å². The quantitative estimate of drug-likeness (QED) is 0.859. The number of nitrogens with zero attached hydrogens (tertiary/aromatic N) is 3. The van der Waals surface area contributed by atoms with Crippen molar-refractivity contribution in [2.24, 2.45) is 0 Å². The summed E-state index contributed by atoms with van der Waals surface area (Å²) in [6.45, 7) is 0. The van der Waals surface area contributed by atoms with Gasteiger partial charge in [-0.3, -0.25) is 9.89 Å². The first-order valence-corrected chi connectivity index (χ1v) is 4.92. The van der Waals surface area contributed by atoms with Crippen LogP contribution in [0, 0.1) is 0 Å². The highest BCUT2D eigenvalue weighted by molar-refractivity contribution is 6.34. The van der Waals surface area contributed by atoms with Crippen molar-refractivity contribution in [3.63, 3.8) is 0 Å². The SMILES string of the molecule is O=C(Nc1ccn[nH]1)c1cc(Cl)nnc1Cl. The Morgan fingerprint density at radius 1 is 1.38 bits per heavy atom. The number of anilines is 1. The molecule has 0 unspecified atom stereocenters. The van der Waals surface area contributed by atoms with Gasteiger partial charge in [-0.1, -0.05) is 23.2 Å². The van der Waals surface area contributed by atoms with E-state index in [1.54, 1.807) is 6.07 Å². The fourth-order valence-corrected chi connectivity index (χ4v) is 1.35. The lowest BCUT2D eigenvalue weighted by Gasteiger charge is -2.03. The summed E-state index contributed by atoms with van der Waals surface area (Å²) in [6.07, 6.45) is 1.51. The van der Waals surface area contributed by atoms with E-state index in [0.717, 1.165) is 0 Å². The zero-order valence-electron chi connectivity index (χ0n) is 7.74. The Labute approximate surface area is 100.0 Å². The predicted molar refractivity (Wildman–Crippen MR) is 58.6 cm³/mol. The van der Waals surface area contributed by atoms with E-state index in [1.165, 1.54) is 12.3 Å². The summed E-state index contributed by atoms with van der Waals surface area (Å²) in [5.41, 5.74) is 0.149. The standard InChI is InChI=1S/C8H5Cl2N5O/c9-5-3-4(7(10)15-13-5)8(16)12-6-1-2-11-14-6/h1-3H,(H2,11,12,14,16). The first kappa shape index (κ1) is 10.8. The first-order chi connectivity index (χ1) is 7.66. The largest absolute Gasteiger partial charge is 0.307 e. The van der Waals surface area contributed by atoms with Crippen LogP contribution in [0.25, 0.3) is 0 Å². The van der Waals surface area contributed by atoms with Gasteiger partial charge in [-0.15, -0.1) is 10.2 Å². The van der Waals surface area contributed by atoms with Gasteiger partial charge in [-0.2, -0.15) is 5.10 Å². The topological polar surface area (TPSA) is 83.6 Å². The van der Waals surface area contributed by atoms with Crippen molar-refractivity contribution in [1.82, 2.24) is 20.4 Å². The Morgan fingerprint density at radius 3 is 2.88 bits per heavy atom. The zero-order valence-corrected chi connectivity index (χ0v) is 9.25. The third-order valence-electron chi connectivity index (χ3n) is 1.71. The molecule has 0 spiro atoms. The number of rotatable bonds is 2. The average molecular weight is 258 g/mol. The minimum absolute atomic E-state index is 0.0126. The highest BCUT2D eigenvalue weighted by Crippen LogP contribution is 2.16. The molecular formula is C8H5Cl2N5O. The Balaban J connectivity index is 2.24. The molecular weight excluding hydrogens is 253 g/mol. The van der Waals surface area contributed by atoms with E-state index in [2.05, 4.69) is 25.7 Å². The summed E-state index contributed by atoms with van der Waals surface area (Å²) in [7, 11) is 0. The number of amides is 1. The van der Waals surface area contributed by atoms with Gasteiger partial charge in [0, 0.05) is 6.07 Å². The highest BCUT2D eigenvalue weighted by atomic mass is 35.5. The maximum atomic E-state index is 11.7. The van der Waals surface area contributed by atoms with Crippen LogP contribution >= 0.6 is 23.2 Å². The van der Waals surface area contributed by atoms with E-state index in [1.807, 2.05) is 0 Å². The molecule has 0 fully saturated rings. The number of carbonyl (C=O) groups is 1. The molecule has 2 N–H and O–H groups in total. The lowest BCUT2D eigenvalue weighted by Crippen LogP contribution is -2.13. The third-order valence-corrected chi connectivity index (χ3v) is 2.18. The molecule has 0 aliphatic rings. The van der Waals surface area contributed by atoms with E-state index in [-0.39, 0.29) is 15.9 Å². The van der Waals surface area contributed by atoms with Gasteiger partial charge in [0.15, 0.2) is 10.3 Å². The molecule has 0 aromatic carbocycles. The number of aromatic nitrogens is 4. The van der Waals surface area contributed by atoms with Gasteiger partial charge >= 0.3 is 0 Å². The van der Waals surface area contributed by atoms with Gasteiger partial charge in [0.25, 0.3) is 5.91 Å². The number of aromatic amines is 1. The number of halogens is 2. The summed E-state index contributed by atoms with van der Waals surface area (Å²) in [6, 6.07) is 2.94.